The Kier molecular flexibility index (Phi) is 4.28. The zero-order valence-corrected chi connectivity index (χ0v) is 15.1. The highest BCUT2D eigenvalue weighted by Gasteiger charge is 2.23. The van der Waals surface area contributed by atoms with Crippen molar-refractivity contribution in [1.29, 1.82) is 0 Å². The number of carbonyl (C=O) groups excluding carboxylic acids is 1. The molecule has 1 aliphatic heterocycles. The maximum atomic E-state index is 12.8. The molecule has 4 rings (SSSR count). The van der Waals surface area contributed by atoms with E-state index in [1.807, 2.05) is 43.1 Å². The Balaban J connectivity index is 1.54. The molecule has 1 amide bonds. The van der Waals surface area contributed by atoms with Crippen molar-refractivity contribution in [2.45, 2.75) is 13.3 Å². The van der Waals surface area contributed by atoms with Crippen molar-refractivity contribution in [2.75, 3.05) is 31.1 Å². The van der Waals surface area contributed by atoms with E-state index in [0.29, 0.717) is 12.2 Å². The van der Waals surface area contributed by atoms with Crippen molar-refractivity contribution in [1.82, 2.24) is 24.6 Å². The van der Waals surface area contributed by atoms with Crippen molar-refractivity contribution < 1.29 is 4.79 Å². The summed E-state index contributed by atoms with van der Waals surface area (Å²) in [6.45, 7) is 4.96. The van der Waals surface area contributed by atoms with Crippen LogP contribution < -0.4 is 4.90 Å². The minimum Gasteiger partial charge on any atom is -0.354 e. The molecule has 0 radical (unpaired) electrons. The van der Waals surface area contributed by atoms with Gasteiger partial charge >= 0.3 is 0 Å². The van der Waals surface area contributed by atoms with Gasteiger partial charge in [-0.25, -0.2) is 9.97 Å². The molecule has 0 N–H and O–H groups in total. The minimum absolute atomic E-state index is 0.00287. The number of rotatable bonds is 2. The third kappa shape index (κ3) is 3.00. The molecule has 3 aromatic rings. The van der Waals surface area contributed by atoms with Crippen LogP contribution in [0.2, 0.25) is 0 Å². The third-order valence-electron chi connectivity index (χ3n) is 4.94. The van der Waals surface area contributed by atoms with E-state index in [1.165, 1.54) is 0 Å². The lowest BCUT2D eigenvalue weighted by atomic mass is 10.2. The minimum atomic E-state index is 0.00287. The molecule has 2 aromatic heterocycles. The molecule has 1 saturated heterocycles. The fourth-order valence-corrected chi connectivity index (χ4v) is 3.40. The van der Waals surface area contributed by atoms with Crippen LogP contribution in [0, 0.1) is 6.92 Å². The third-order valence-corrected chi connectivity index (χ3v) is 4.94. The molecule has 3 heterocycles. The molecule has 1 aliphatic rings. The van der Waals surface area contributed by atoms with Gasteiger partial charge in [0.1, 0.15) is 12.1 Å². The highest BCUT2D eigenvalue weighted by atomic mass is 16.2. The summed E-state index contributed by atoms with van der Waals surface area (Å²) in [5.41, 5.74) is 2.45. The molecule has 0 bridgehead atoms. The number of carbonyl (C=O) groups is 1. The van der Waals surface area contributed by atoms with Crippen LogP contribution in [0.15, 0.2) is 36.7 Å². The van der Waals surface area contributed by atoms with Crippen molar-refractivity contribution in [3.8, 4) is 0 Å². The second-order valence-corrected chi connectivity index (χ2v) is 6.64. The maximum absolute atomic E-state index is 12.8. The maximum Gasteiger partial charge on any atom is 0.274 e. The van der Waals surface area contributed by atoms with E-state index in [2.05, 4.69) is 26.0 Å². The van der Waals surface area contributed by atoms with E-state index in [0.717, 1.165) is 48.5 Å². The van der Waals surface area contributed by atoms with Gasteiger partial charge in [-0.2, -0.15) is 5.10 Å². The smallest absolute Gasteiger partial charge is 0.274 e. The zero-order valence-electron chi connectivity index (χ0n) is 15.1. The highest BCUT2D eigenvalue weighted by Crippen LogP contribution is 2.23. The number of aryl methyl sites for hydroxylation is 2. The Morgan fingerprint density at radius 2 is 1.92 bits per heavy atom. The number of hydrogen-bond acceptors (Lipinski definition) is 5. The highest BCUT2D eigenvalue weighted by molar-refractivity contribution is 5.92. The van der Waals surface area contributed by atoms with E-state index >= 15 is 0 Å². The summed E-state index contributed by atoms with van der Waals surface area (Å²) in [5.74, 6) is 0.946. The van der Waals surface area contributed by atoms with Gasteiger partial charge in [0.2, 0.25) is 0 Å². The summed E-state index contributed by atoms with van der Waals surface area (Å²) in [7, 11) is 1.86. The van der Waals surface area contributed by atoms with Crippen LogP contribution in [0.5, 0.6) is 0 Å². The number of para-hydroxylation sites is 1. The first-order chi connectivity index (χ1) is 12.6. The standard InChI is InChI=1S/C19H22N6O/c1-14-12-17(22-23(14)2)19(26)25-9-5-8-24(10-11-25)18-15-6-3-4-7-16(15)20-13-21-18/h3-4,6-7,12-13H,5,8-11H2,1-2H3. The van der Waals surface area contributed by atoms with Crippen molar-refractivity contribution in [3.05, 3.63) is 48.0 Å². The van der Waals surface area contributed by atoms with Gasteiger partial charge in [0.15, 0.2) is 5.69 Å². The molecule has 0 saturated carbocycles. The van der Waals surface area contributed by atoms with Gasteiger partial charge in [0.05, 0.1) is 5.52 Å². The molecular formula is C19H22N6O. The average molecular weight is 350 g/mol. The van der Waals surface area contributed by atoms with Crippen molar-refractivity contribution in [2.24, 2.45) is 7.05 Å². The van der Waals surface area contributed by atoms with Crippen LogP contribution in [-0.2, 0) is 7.05 Å². The molecule has 134 valence electrons. The van der Waals surface area contributed by atoms with E-state index in [1.54, 1.807) is 11.0 Å². The molecular weight excluding hydrogens is 328 g/mol. The van der Waals surface area contributed by atoms with Crippen LogP contribution in [-0.4, -0.2) is 56.7 Å². The molecule has 1 fully saturated rings. The second-order valence-electron chi connectivity index (χ2n) is 6.64. The molecule has 7 heteroatoms. The Labute approximate surface area is 152 Å². The predicted molar refractivity (Wildman–Crippen MR) is 100 cm³/mol. The van der Waals surface area contributed by atoms with Gasteiger partial charge in [-0.05, 0) is 31.5 Å². The number of aromatic nitrogens is 4. The quantitative estimate of drug-likeness (QED) is 0.707. The fourth-order valence-electron chi connectivity index (χ4n) is 3.40. The number of hydrogen-bond donors (Lipinski definition) is 0. The van der Waals surface area contributed by atoms with E-state index in [-0.39, 0.29) is 5.91 Å². The van der Waals surface area contributed by atoms with Crippen LogP contribution in [0.3, 0.4) is 0 Å². The molecule has 0 aliphatic carbocycles. The van der Waals surface area contributed by atoms with Crippen LogP contribution >= 0.6 is 0 Å². The van der Waals surface area contributed by atoms with Gasteiger partial charge in [0.25, 0.3) is 5.91 Å². The van der Waals surface area contributed by atoms with Gasteiger partial charge < -0.3 is 9.80 Å². The van der Waals surface area contributed by atoms with Gasteiger partial charge in [0, 0.05) is 44.3 Å². The predicted octanol–water partition coefficient (Wildman–Crippen LogP) is 2.02. The first-order valence-corrected chi connectivity index (χ1v) is 8.88. The largest absolute Gasteiger partial charge is 0.354 e. The average Bonchev–Trinajstić information content (AvgIpc) is 2.86. The number of benzene rings is 1. The summed E-state index contributed by atoms with van der Waals surface area (Å²) in [6, 6.07) is 9.89. The summed E-state index contributed by atoms with van der Waals surface area (Å²) < 4.78 is 1.74. The Hall–Kier alpha value is -2.96. The Morgan fingerprint density at radius 3 is 2.73 bits per heavy atom. The number of fused-ring (bicyclic) bond motifs is 1. The van der Waals surface area contributed by atoms with Gasteiger partial charge in [-0.3, -0.25) is 9.48 Å². The van der Waals surface area contributed by atoms with Gasteiger partial charge in [-0.1, -0.05) is 12.1 Å². The van der Waals surface area contributed by atoms with E-state index < -0.39 is 0 Å². The first-order valence-electron chi connectivity index (χ1n) is 8.88. The Morgan fingerprint density at radius 1 is 1.08 bits per heavy atom. The summed E-state index contributed by atoms with van der Waals surface area (Å²) in [4.78, 5) is 25.8. The lowest BCUT2D eigenvalue weighted by Crippen LogP contribution is -2.35. The summed E-state index contributed by atoms with van der Waals surface area (Å²) in [5, 5.41) is 5.38. The number of anilines is 1. The molecule has 0 spiro atoms. The lowest BCUT2D eigenvalue weighted by molar-refractivity contribution is 0.0760. The summed E-state index contributed by atoms with van der Waals surface area (Å²) in [6.07, 6.45) is 2.51. The fraction of sp³-hybridized carbons (Fsp3) is 0.368. The van der Waals surface area contributed by atoms with Gasteiger partial charge in [-0.15, -0.1) is 0 Å². The number of nitrogens with zero attached hydrogens (tertiary/aromatic N) is 6. The van der Waals surface area contributed by atoms with Crippen molar-refractivity contribution in [3.63, 3.8) is 0 Å². The SMILES string of the molecule is Cc1cc(C(=O)N2CCCN(c3ncnc4ccccc34)CC2)nn1C. The normalized spacial score (nSPS) is 15.3. The van der Waals surface area contributed by atoms with Crippen molar-refractivity contribution >= 4 is 22.6 Å². The Bertz CT molecular complexity index is 925. The molecule has 1 aromatic carbocycles. The van der Waals surface area contributed by atoms with Crippen LogP contribution in [0.25, 0.3) is 10.9 Å². The molecule has 26 heavy (non-hydrogen) atoms. The molecule has 7 nitrogen and oxygen atoms in total. The zero-order chi connectivity index (χ0) is 18.1. The van der Waals surface area contributed by atoms with E-state index in [4.69, 9.17) is 0 Å². The van der Waals surface area contributed by atoms with Crippen LogP contribution in [0.1, 0.15) is 22.6 Å². The molecule has 0 atom stereocenters. The topological polar surface area (TPSA) is 67.2 Å². The first kappa shape index (κ1) is 16.5. The monoisotopic (exact) mass is 350 g/mol. The lowest BCUT2D eigenvalue weighted by Gasteiger charge is -2.23. The van der Waals surface area contributed by atoms with E-state index in [9.17, 15) is 4.79 Å². The summed E-state index contributed by atoms with van der Waals surface area (Å²) >= 11 is 0. The van der Waals surface area contributed by atoms with Crippen LogP contribution in [0.4, 0.5) is 5.82 Å². The second kappa shape index (κ2) is 6.74. The molecule has 0 unspecified atom stereocenters. The number of amides is 1.